The van der Waals surface area contributed by atoms with Crippen molar-refractivity contribution in [2.24, 2.45) is 0 Å². The van der Waals surface area contributed by atoms with Gasteiger partial charge >= 0.3 is 0 Å². The molecule has 3 heterocycles. The topological polar surface area (TPSA) is 74.9 Å². The molecule has 1 N–H and O–H groups in total. The molecule has 0 spiro atoms. The summed E-state index contributed by atoms with van der Waals surface area (Å²) in [5.74, 6) is 1.09. The van der Waals surface area contributed by atoms with Crippen molar-refractivity contribution in [3.63, 3.8) is 0 Å². The molecule has 7 nitrogen and oxygen atoms in total. The first-order valence-electron chi connectivity index (χ1n) is 13.9. The number of para-hydroxylation sites is 1. The van der Waals surface area contributed by atoms with Crippen molar-refractivity contribution in [3.05, 3.63) is 95.2 Å². The zero-order chi connectivity index (χ0) is 28.0. The van der Waals surface area contributed by atoms with Gasteiger partial charge in [-0.15, -0.1) is 0 Å². The molecule has 0 saturated carbocycles. The lowest BCUT2D eigenvalue weighted by Gasteiger charge is -2.51. The zero-order valence-electron chi connectivity index (χ0n) is 23.4. The second-order valence-corrected chi connectivity index (χ2v) is 11.1. The average molecular weight is 538 g/mol. The minimum absolute atomic E-state index is 0.0113. The second kappa shape index (κ2) is 10.0. The van der Waals surface area contributed by atoms with Crippen molar-refractivity contribution in [2.45, 2.75) is 44.8 Å². The number of benzene rings is 3. The number of aromatic amines is 1. The first-order valence-corrected chi connectivity index (χ1v) is 13.9. The number of aromatic nitrogens is 1. The van der Waals surface area contributed by atoms with Crippen LogP contribution in [0.2, 0.25) is 0 Å². The standard InChI is InChI=1S/C33H35N3O4/c1-21(2)40-27-15-14-23(18-28(27)39-4)25-19-36-29(37)20-35(17-16-22-10-6-5-7-11-22)32(38)33(36,3)31-30(25)24-12-8-9-13-26(24)34-31/h5-15,18,21,25,34H,16-17,19-20H2,1-4H3/t25-,33-/m0/s1. The quantitative estimate of drug-likeness (QED) is 0.350. The van der Waals surface area contributed by atoms with Gasteiger partial charge in [0.15, 0.2) is 17.0 Å². The molecule has 0 unspecified atom stereocenters. The van der Waals surface area contributed by atoms with Gasteiger partial charge in [0.2, 0.25) is 5.91 Å². The van der Waals surface area contributed by atoms with Gasteiger partial charge in [0.25, 0.3) is 5.91 Å². The second-order valence-electron chi connectivity index (χ2n) is 11.1. The number of methoxy groups -OCH3 is 1. The molecule has 2 aliphatic rings. The van der Waals surface area contributed by atoms with E-state index in [0.717, 1.165) is 33.3 Å². The first-order chi connectivity index (χ1) is 19.3. The zero-order valence-corrected chi connectivity index (χ0v) is 23.4. The monoisotopic (exact) mass is 537 g/mol. The average Bonchev–Trinajstić information content (AvgIpc) is 3.36. The Morgan fingerprint density at radius 1 is 1.00 bits per heavy atom. The number of hydrogen-bond acceptors (Lipinski definition) is 4. The third kappa shape index (κ3) is 4.21. The summed E-state index contributed by atoms with van der Waals surface area (Å²) < 4.78 is 11.7. The highest BCUT2D eigenvalue weighted by atomic mass is 16.5. The number of fused-ring (bicyclic) bond motifs is 5. The van der Waals surface area contributed by atoms with E-state index in [1.165, 1.54) is 0 Å². The molecular weight excluding hydrogens is 502 g/mol. The summed E-state index contributed by atoms with van der Waals surface area (Å²) in [6.45, 7) is 6.83. The Bertz CT molecular complexity index is 1580. The number of carbonyl (C=O) groups excluding carboxylic acids is 2. The number of H-pyrrole nitrogens is 1. The summed E-state index contributed by atoms with van der Waals surface area (Å²) in [5.41, 5.74) is 3.82. The SMILES string of the molecule is COc1cc([C@@H]2CN3C(=O)CN(CCc4ccccc4)C(=O)[C@]3(C)c3[nH]c4ccccc4c32)ccc1OC(C)C. The highest BCUT2D eigenvalue weighted by Gasteiger charge is 2.56. The van der Waals surface area contributed by atoms with E-state index in [2.05, 4.69) is 23.2 Å². The van der Waals surface area contributed by atoms with Crippen molar-refractivity contribution < 1.29 is 19.1 Å². The Balaban J connectivity index is 1.44. The third-order valence-corrected chi connectivity index (χ3v) is 8.28. The van der Waals surface area contributed by atoms with Crippen LogP contribution < -0.4 is 9.47 Å². The maximum absolute atomic E-state index is 14.3. The smallest absolute Gasteiger partial charge is 0.254 e. The predicted octanol–water partition coefficient (Wildman–Crippen LogP) is 5.24. The van der Waals surface area contributed by atoms with Crippen LogP contribution in [0.1, 0.15) is 49.1 Å². The van der Waals surface area contributed by atoms with Crippen molar-refractivity contribution >= 4 is 22.7 Å². The normalized spacial score (nSPS) is 20.6. The van der Waals surface area contributed by atoms with Gasteiger partial charge in [0, 0.05) is 29.9 Å². The van der Waals surface area contributed by atoms with Gasteiger partial charge in [0.05, 0.1) is 25.5 Å². The van der Waals surface area contributed by atoms with Crippen molar-refractivity contribution in [3.8, 4) is 11.5 Å². The number of nitrogens with one attached hydrogen (secondary N) is 1. The summed E-state index contributed by atoms with van der Waals surface area (Å²) in [6.07, 6.45) is 0.708. The van der Waals surface area contributed by atoms with E-state index in [0.29, 0.717) is 31.0 Å². The van der Waals surface area contributed by atoms with Crippen LogP contribution in [-0.2, 0) is 21.5 Å². The molecule has 206 valence electrons. The lowest BCUT2D eigenvalue weighted by Crippen LogP contribution is -2.67. The molecule has 3 aromatic carbocycles. The molecule has 1 aromatic heterocycles. The Morgan fingerprint density at radius 2 is 1.75 bits per heavy atom. The van der Waals surface area contributed by atoms with Crippen LogP contribution in [0.25, 0.3) is 10.9 Å². The largest absolute Gasteiger partial charge is 0.493 e. The number of hydrogen-bond donors (Lipinski definition) is 1. The maximum Gasteiger partial charge on any atom is 0.254 e. The van der Waals surface area contributed by atoms with Gasteiger partial charge < -0.3 is 24.3 Å². The van der Waals surface area contributed by atoms with Gasteiger partial charge in [-0.05, 0) is 62.1 Å². The molecule has 0 bridgehead atoms. The fourth-order valence-electron chi connectivity index (χ4n) is 6.32. The van der Waals surface area contributed by atoms with Crippen LogP contribution >= 0.6 is 0 Å². The third-order valence-electron chi connectivity index (χ3n) is 8.28. The summed E-state index contributed by atoms with van der Waals surface area (Å²) in [6, 6.07) is 24.2. The summed E-state index contributed by atoms with van der Waals surface area (Å²) >= 11 is 0. The van der Waals surface area contributed by atoms with E-state index in [1.807, 2.05) is 75.4 Å². The molecule has 2 atom stereocenters. The molecule has 1 fully saturated rings. The van der Waals surface area contributed by atoms with Crippen LogP contribution in [0.3, 0.4) is 0 Å². The summed E-state index contributed by atoms with van der Waals surface area (Å²) in [5, 5.41) is 1.06. The number of nitrogens with zero attached hydrogens (tertiary/aromatic N) is 2. The molecule has 7 heteroatoms. The number of rotatable bonds is 7. The maximum atomic E-state index is 14.3. The van der Waals surface area contributed by atoms with Crippen LogP contribution in [0.15, 0.2) is 72.8 Å². The Kier molecular flexibility index (Phi) is 6.53. The van der Waals surface area contributed by atoms with Gasteiger partial charge in [-0.25, -0.2) is 0 Å². The Morgan fingerprint density at radius 3 is 2.50 bits per heavy atom. The number of carbonyl (C=O) groups is 2. The Labute approximate surface area is 234 Å². The van der Waals surface area contributed by atoms with Gasteiger partial charge in [-0.2, -0.15) is 0 Å². The van der Waals surface area contributed by atoms with E-state index in [1.54, 1.807) is 16.9 Å². The van der Waals surface area contributed by atoms with Crippen molar-refractivity contribution in [1.82, 2.24) is 14.8 Å². The molecule has 2 aliphatic heterocycles. The molecule has 1 saturated heterocycles. The lowest BCUT2D eigenvalue weighted by atomic mass is 9.76. The van der Waals surface area contributed by atoms with Crippen LogP contribution in [0.4, 0.5) is 0 Å². The number of ether oxygens (including phenoxy) is 2. The van der Waals surface area contributed by atoms with E-state index >= 15 is 0 Å². The van der Waals surface area contributed by atoms with E-state index < -0.39 is 5.54 Å². The Hall–Kier alpha value is -4.26. The van der Waals surface area contributed by atoms with E-state index in [-0.39, 0.29) is 30.4 Å². The van der Waals surface area contributed by atoms with E-state index in [9.17, 15) is 9.59 Å². The number of amides is 2. The molecule has 4 aromatic rings. The molecule has 6 rings (SSSR count). The van der Waals surface area contributed by atoms with Crippen molar-refractivity contribution in [1.29, 1.82) is 0 Å². The fourth-order valence-corrected chi connectivity index (χ4v) is 6.32. The summed E-state index contributed by atoms with van der Waals surface area (Å²) in [7, 11) is 1.64. The van der Waals surface area contributed by atoms with E-state index in [4.69, 9.17) is 9.47 Å². The summed E-state index contributed by atoms with van der Waals surface area (Å²) in [4.78, 5) is 35.1. The van der Waals surface area contributed by atoms with Gasteiger partial charge in [-0.3, -0.25) is 9.59 Å². The highest BCUT2D eigenvalue weighted by molar-refractivity contribution is 6.01. The van der Waals surface area contributed by atoms with Crippen LogP contribution in [0, 0.1) is 0 Å². The molecule has 0 aliphatic carbocycles. The molecule has 40 heavy (non-hydrogen) atoms. The molecule has 2 amide bonds. The van der Waals surface area contributed by atoms with Crippen molar-refractivity contribution in [2.75, 3.05) is 26.7 Å². The lowest BCUT2D eigenvalue weighted by molar-refractivity contribution is -0.166. The predicted molar refractivity (Wildman–Crippen MR) is 155 cm³/mol. The highest BCUT2D eigenvalue weighted by Crippen LogP contribution is 2.49. The van der Waals surface area contributed by atoms with Gasteiger partial charge in [-0.1, -0.05) is 54.6 Å². The van der Waals surface area contributed by atoms with Crippen LogP contribution in [0.5, 0.6) is 11.5 Å². The molecular formula is C33H35N3O4. The fraction of sp³-hybridized carbons (Fsp3) is 0.333. The minimum atomic E-state index is -1.12. The minimum Gasteiger partial charge on any atom is -0.493 e. The van der Waals surface area contributed by atoms with Gasteiger partial charge in [0.1, 0.15) is 0 Å². The number of piperazine rings is 1. The first kappa shape index (κ1) is 26.0. The molecule has 0 radical (unpaired) electrons. The van der Waals surface area contributed by atoms with Crippen LogP contribution in [-0.4, -0.2) is 59.4 Å².